The van der Waals surface area contributed by atoms with E-state index in [1.807, 2.05) is 6.92 Å². The van der Waals surface area contributed by atoms with Gasteiger partial charge in [0.25, 0.3) is 0 Å². The van der Waals surface area contributed by atoms with Gasteiger partial charge in [0.2, 0.25) is 0 Å². The zero-order chi connectivity index (χ0) is 9.40. The minimum atomic E-state index is -0.214. The van der Waals surface area contributed by atoms with Crippen molar-refractivity contribution in [3.8, 4) is 0 Å². The van der Waals surface area contributed by atoms with Crippen LogP contribution in [0.2, 0.25) is 0 Å². The van der Waals surface area contributed by atoms with Crippen molar-refractivity contribution in [2.75, 3.05) is 33.5 Å². The molecule has 0 unspecified atom stereocenters. The molecule has 72 valence electrons. The van der Waals surface area contributed by atoms with E-state index in [0.717, 1.165) is 0 Å². The summed E-state index contributed by atoms with van der Waals surface area (Å²) in [5, 5.41) is 11.1. The van der Waals surface area contributed by atoms with E-state index in [-0.39, 0.29) is 19.4 Å². The van der Waals surface area contributed by atoms with Crippen LogP contribution in [0.4, 0.5) is 4.79 Å². The highest BCUT2D eigenvalue weighted by Gasteiger charge is 2.08. The Morgan fingerprint density at radius 1 is 1.67 bits per heavy atom. The van der Waals surface area contributed by atoms with Gasteiger partial charge < -0.3 is 20.1 Å². The van der Waals surface area contributed by atoms with Gasteiger partial charge >= 0.3 is 6.03 Å². The second kappa shape index (κ2) is 6.87. The molecule has 0 aromatic heterocycles. The average Bonchev–Trinajstić information content (AvgIpc) is 2.10. The summed E-state index contributed by atoms with van der Waals surface area (Å²) in [5.41, 5.74) is 0. The smallest absolute Gasteiger partial charge is 0.319 e. The predicted molar refractivity (Wildman–Crippen MR) is 44.7 cm³/mol. The zero-order valence-electron chi connectivity index (χ0n) is 7.54. The maximum Gasteiger partial charge on any atom is 0.319 e. The summed E-state index contributed by atoms with van der Waals surface area (Å²) in [7, 11) is 1.50. The van der Waals surface area contributed by atoms with E-state index in [0.29, 0.717) is 13.1 Å². The monoisotopic (exact) mass is 176 g/mol. The van der Waals surface area contributed by atoms with Crippen LogP contribution in [0.15, 0.2) is 0 Å². The van der Waals surface area contributed by atoms with Crippen LogP contribution < -0.4 is 5.32 Å². The first-order chi connectivity index (χ1) is 5.76. The molecule has 0 rings (SSSR count). The normalized spacial score (nSPS) is 9.58. The number of aliphatic hydroxyl groups is 1. The van der Waals surface area contributed by atoms with Crippen molar-refractivity contribution in [3.63, 3.8) is 0 Å². The van der Waals surface area contributed by atoms with Crippen molar-refractivity contribution in [1.29, 1.82) is 0 Å². The number of nitrogens with zero attached hydrogens (tertiary/aromatic N) is 1. The number of aliphatic hydroxyl groups excluding tert-OH is 1. The SMILES string of the molecule is CCN(CCO)C(=O)NCOC. The molecule has 12 heavy (non-hydrogen) atoms. The number of hydrogen-bond donors (Lipinski definition) is 2. The lowest BCUT2D eigenvalue weighted by Crippen LogP contribution is -2.41. The van der Waals surface area contributed by atoms with E-state index in [9.17, 15) is 4.79 Å². The fourth-order valence-electron chi connectivity index (χ4n) is 0.770. The first-order valence-corrected chi connectivity index (χ1v) is 3.88. The lowest BCUT2D eigenvalue weighted by molar-refractivity contribution is 0.147. The van der Waals surface area contributed by atoms with Gasteiger partial charge in [-0.05, 0) is 6.92 Å². The van der Waals surface area contributed by atoms with Gasteiger partial charge in [0.15, 0.2) is 0 Å². The van der Waals surface area contributed by atoms with Crippen LogP contribution in [0.25, 0.3) is 0 Å². The first kappa shape index (κ1) is 11.2. The van der Waals surface area contributed by atoms with Crippen LogP contribution in [0.3, 0.4) is 0 Å². The number of nitrogens with one attached hydrogen (secondary N) is 1. The summed E-state index contributed by atoms with van der Waals surface area (Å²) in [6.07, 6.45) is 0. The van der Waals surface area contributed by atoms with Gasteiger partial charge in [-0.15, -0.1) is 0 Å². The number of hydrogen-bond acceptors (Lipinski definition) is 3. The Balaban J connectivity index is 3.69. The average molecular weight is 176 g/mol. The highest BCUT2D eigenvalue weighted by Crippen LogP contribution is 1.87. The highest BCUT2D eigenvalue weighted by molar-refractivity contribution is 5.73. The number of ether oxygens (including phenoxy) is 1. The maximum absolute atomic E-state index is 11.1. The molecule has 2 N–H and O–H groups in total. The summed E-state index contributed by atoms with van der Waals surface area (Å²) in [5.74, 6) is 0. The summed E-state index contributed by atoms with van der Waals surface area (Å²) < 4.78 is 4.66. The van der Waals surface area contributed by atoms with Crippen LogP contribution in [-0.4, -0.2) is 49.6 Å². The maximum atomic E-state index is 11.1. The Hall–Kier alpha value is -0.810. The van der Waals surface area contributed by atoms with Crippen molar-refractivity contribution < 1.29 is 14.6 Å². The summed E-state index contributed by atoms with van der Waals surface area (Å²) in [6, 6.07) is -0.214. The predicted octanol–water partition coefficient (Wildman–Crippen LogP) is -0.386. The van der Waals surface area contributed by atoms with E-state index in [4.69, 9.17) is 5.11 Å². The second-order valence-electron chi connectivity index (χ2n) is 2.22. The molecule has 2 amide bonds. The van der Waals surface area contributed by atoms with E-state index in [1.54, 1.807) is 0 Å². The molecule has 0 bridgehead atoms. The molecule has 0 aliphatic carbocycles. The van der Waals surface area contributed by atoms with Gasteiger partial charge in [-0.2, -0.15) is 0 Å². The van der Waals surface area contributed by atoms with Crippen molar-refractivity contribution in [2.24, 2.45) is 0 Å². The molecule has 0 aliphatic heterocycles. The minimum absolute atomic E-state index is 0.0196. The van der Waals surface area contributed by atoms with Crippen LogP contribution in [0, 0.1) is 0 Å². The third-order valence-corrected chi connectivity index (χ3v) is 1.41. The van der Waals surface area contributed by atoms with Gasteiger partial charge in [-0.1, -0.05) is 0 Å². The molecule has 0 aromatic carbocycles. The molecule has 0 radical (unpaired) electrons. The molecule has 5 nitrogen and oxygen atoms in total. The highest BCUT2D eigenvalue weighted by atomic mass is 16.5. The lowest BCUT2D eigenvalue weighted by atomic mass is 10.5. The van der Waals surface area contributed by atoms with Gasteiger partial charge in [0.05, 0.1) is 6.61 Å². The number of rotatable bonds is 5. The quantitative estimate of drug-likeness (QED) is 0.561. The van der Waals surface area contributed by atoms with Crippen molar-refractivity contribution >= 4 is 6.03 Å². The molecule has 0 aromatic rings. The third-order valence-electron chi connectivity index (χ3n) is 1.41. The molecule has 0 heterocycles. The lowest BCUT2D eigenvalue weighted by Gasteiger charge is -2.19. The van der Waals surface area contributed by atoms with Crippen molar-refractivity contribution in [1.82, 2.24) is 10.2 Å². The molecular weight excluding hydrogens is 160 g/mol. The van der Waals surface area contributed by atoms with Crippen LogP contribution in [0.5, 0.6) is 0 Å². The molecular formula is C7H16N2O3. The minimum Gasteiger partial charge on any atom is -0.395 e. The Labute approximate surface area is 72.3 Å². The van der Waals surface area contributed by atoms with E-state index < -0.39 is 0 Å². The standard InChI is InChI=1S/C7H16N2O3/c1-3-9(4-5-10)7(11)8-6-12-2/h10H,3-6H2,1-2H3,(H,8,11). The zero-order valence-corrected chi connectivity index (χ0v) is 7.54. The van der Waals surface area contributed by atoms with E-state index in [2.05, 4.69) is 10.1 Å². The topological polar surface area (TPSA) is 61.8 Å². The molecule has 0 aliphatic rings. The Morgan fingerprint density at radius 2 is 2.33 bits per heavy atom. The summed E-state index contributed by atoms with van der Waals surface area (Å²) in [6.45, 7) is 2.96. The number of carbonyl (C=O) groups excluding carboxylic acids is 1. The largest absolute Gasteiger partial charge is 0.395 e. The molecule has 0 saturated heterocycles. The third kappa shape index (κ3) is 4.15. The number of methoxy groups -OCH3 is 1. The first-order valence-electron chi connectivity index (χ1n) is 3.88. The molecule has 0 saturated carbocycles. The Morgan fingerprint density at radius 3 is 2.75 bits per heavy atom. The van der Waals surface area contributed by atoms with Gasteiger partial charge in [0.1, 0.15) is 6.73 Å². The summed E-state index contributed by atoms with van der Waals surface area (Å²) in [4.78, 5) is 12.6. The van der Waals surface area contributed by atoms with Gasteiger partial charge in [-0.3, -0.25) is 0 Å². The fraction of sp³-hybridized carbons (Fsp3) is 0.857. The van der Waals surface area contributed by atoms with E-state index >= 15 is 0 Å². The van der Waals surface area contributed by atoms with Crippen molar-refractivity contribution in [3.05, 3.63) is 0 Å². The Bertz CT molecular complexity index is 130. The molecule has 0 atom stereocenters. The van der Waals surface area contributed by atoms with Gasteiger partial charge in [-0.25, -0.2) is 4.79 Å². The molecule has 5 heteroatoms. The Kier molecular flexibility index (Phi) is 6.41. The summed E-state index contributed by atoms with van der Waals surface area (Å²) >= 11 is 0. The molecule has 0 fully saturated rings. The fourth-order valence-corrected chi connectivity index (χ4v) is 0.770. The van der Waals surface area contributed by atoms with Crippen LogP contribution >= 0.6 is 0 Å². The van der Waals surface area contributed by atoms with Crippen molar-refractivity contribution in [2.45, 2.75) is 6.92 Å². The number of likely N-dealkylation sites (N-methyl/N-ethyl adjacent to an activating group) is 1. The van der Waals surface area contributed by atoms with Gasteiger partial charge in [0, 0.05) is 20.2 Å². The van der Waals surface area contributed by atoms with Crippen LogP contribution in [-0.2, 0) is 4.74 Å². The van der Waals surface area contributed by atoms with E-state index in [1.165, 1.54) is 12.0 Å². The number of urea groups is 1. The number of amides is 2. The second-order valence-corrected chi connectivity index (χ2v) is 2.22. The molecule has 0 spiro atoms. The number of carbonyl (C=O) groups is 1. The van der Waals surface area contributed by atoms with Crippen LogP contribution in [0.1, 0.15) is 6.92 Å².